The van der Waals surface area contributed by atoms with Gasteiger partial charge in [0.2, 0.25) is 16.3 Å². The maximum absolute atomic E-state index is 10.8. The van der Waals surface area contributed by atoms with E-state index in [-0.39, 0.29) is 17.0 Å². The first kappa shape index (κ1) is 10.5. The van der Waals surface area contributed by atoms with Gasteiger partial charge < -0.3 is 5.11 Å². The van der Waals surface area contributed by atoms with Crippen LogP contribution in [0.3, 0.4) is 0 Å². The molecule has 0 saturated carbocycles. The molecule has 0 spiro atoms. The van der Waals surface area contributed by atoms with Crippen LogP contribution in [0.25, 0.3) is 0 Å². The van der Waals surface area contributed by atoms with E-state index in [2.05, 4.69) is 4.72 Å². The Morgan fingerprint density at radius 1 is 1.43 bits per heavy atom. The molecule has 5 nitrogen and oxygen atoms in total. The standard InChI is InChI=1S/C8H8NO4S/c1-14(12,13)9-7-3-2-6(5-10)4-8(7)11/h2-4,9,11H,1H3. The van der Waals surface area contributed by atoms with Crippen LogP contribution < -0.4 is 4.72 Å². The summed E-state index contributed by atoms with van der Waals surface area (Å²) < 4.78 is 23.7. The van der Waals surface area contributed by atoms with E-state index in [9.17, 15) is 18.3 Å². The molecule has 1 aromatic carbocycles. The zero-order valence-corrected chi connectivity index (χ0v) is 8.13. The summed E-state index contributed by atoms with van der Waals surface area (Å²) in [6.07, 6.45) is 2.54. The quantitative estimate of drug-likeness (QED) is 0.705. The number of aromatic hydroxyl groups is 1. The molecule has 0 atom stereocenters. The Morgan fingerprint density at radius 3 is 2.50 bits per heavy atom. The number of hydrogen-bond acceptors (Lipinski definition) is 4. The van der Waals surface area contributed by atoms with Gasteiger partial charge >= 0.3 is 0 Å². The van der Waals surface area contributed by atoms with Crippen LogP contribution in [0.5, 0.6) is 5.75 Å². The van der Waals surface area contributed by atoms with Gasteiger partial charge in [0.05, 0.1) is 11.9 Å². The molecule has 0 fully saturated rings. The lowest BCUT2D eigenvalue weighted by Gasteiger charge is -2.05. The number of benzene rings is 1. The maximum atomic E-state index is 10.8. The SMILES string of the molecule is CS(=O)(=O)Nc1ccc([C]=O)cc1O. The van der Waals surface area contributed by atoms with E-state index in [1.54, 1.807) is 6.29 Å². The molecule has 0 heterocycles. The maximum Gasteiger partial charge on any atom is 0.233 e. The largest absolute Gasteiger partial charge is 0.506 e. The minimum absolute atomic E-state index is 0.0338. The van der Waals surface area contributed by atoms with Crippen LogP contribution in [0.4, 0.5) is 5.69 Å². The first-order valence-electron chi connectivity index (χ1n) is 3.61. The average molecular weight is 214 g/mol. The molecule has 1 aromatic rings. The number of phenols is 1. The van der Waals surface area contributed by atoms with Crippen LogP contribution in [-0.4, -0.2) is 26.1 Å². The second kappa shape index (κ2) is 3.67. The van der Waals surface area contributed by atoms with Gasteiger partial charge in [0, 0.05) is 5.56 Å². The fourth-order valence-electron chi connectivity index (χ4n) is 0.881. The predicted octanol–water partition coefficient (Wildman–Crippen LogP) is 0.221. The molecule has 2 N–H and O–H groups in total. The number of sulfonamides is 1. The average Bonchev–Trinajstić information content (AvgIpc) is 2.06. The Labute approximate surface area is 81.4 Å². The second-order valence-electron chi connectivity index (χ2n) is 2.71. The summed E-state index contributed by atoms with van der Waals surface area (Å²) in [4.78, 5) is 10.2. The Morgan fingerprint density at radius 2 is 2.07 bits per heavy atom. The van der Waals surface area contributed by atoms with E-state index in [0.717, 1.165) is 12.3 Å². The summed E-state index contributed by atoms with van der Waals surface area (Å²) in [6, 6.07) is 3.76. The first-order valence-corrected chi connectivity index (χ1v) is 5.50. The first-order chi connectivity index (χ1) is 6.42. The highest BCUT2D eigenvalue weighted by Gasteiger charge is 2.07. The van der Waals surface area contributed by atoms with Crippen molar-refractivity contribution in [3.63, 3.8) is 0 Å². The van der Waals surface area contributed by atoms with Gasteiger partial charge in [-0.3, -0.25) is 9.52 Å². The van der Waals surface area contributed by atoms with Crippen LogP contribution in [-0.2, 0) is 14.8 Å². The van der Waals surface area contributed by atoms with E-state index in [4.69, 9.17) is 0 Å². The zero-order valence-electron chi connectivity index (χ0n) is 7.31. The summed E-state index contributed by atoms with van der Waals surface area (Å²) in [5.41, 5.74) is 0.188. The summed E-state index contributed by atoms with van der Waals surface area (Å²) in [5.74, 6) is -0.309. The van der Waals surface area contributed by atoms with Gasteiger partial charge in [0.15, 0.2) is 0 Å². The van der Waals surface area contributed by atoms with Crippen molar-refractivity contribution < 1.29 is 18.3 Å². The molecule has 0 amide bonds. The third kappa shape index (κ3) is 2.74. The molecular formula is C8H8NO4S. The topological polar surface area (TPSA) is 83.5 Å². The summed E-state index contributed by atoms with van der Waals surface area (Å²) in [7, 11) is -3.43. The van der Waals surface area contributed by atoms with Crippen molar-refractivity contribution in [2.45, 2.75) is 0 Å². The number of carbonyl (C=O) groups excluding carboxylic acids is 1. The molecular weight excluding hydrogens is 206 g/mol. The van der Waals surface area contributed by atoms with Gasteiger partial charge in [-0.05, 0) is 18.2 Å². The van der Waals surface area contributed by atoms with Crippen molar-refractivity contribution >= 4 is 22.0 Å². The summed E-state index contributed by atoms with van der Waals surface area (Å²) in [6.45, 7) is 0. The molecule has 0 bridgehead atoms. The van der Waals surface area contributed by atoms with Gasteiger partial charge in [-0.15, -0.1) is 0 Å². The molecule has 0 aliphatic rings. The van der Waals surface area contributed by atoms with Crippen molar-refractivity contribution in [3.8, 4) is 5.75 Å². The molecule has 0 aromatic heterocycles. The van der Waals surface area contributed by atoms with Gasteiger partial charge in [-0.25, -0.2) is 8.42 Å². The number of anilines is 1. The van der Waals surface area contributed by atoms with Crippen LogP contribution in [0, 0.1) is 0 Å². The fraction of sp³-hybridized carbons (Fsp3) is 0.125. The van der Waals surface area contributed by atoms with Crippen LogP contribution in [0.1, 0.15) is 5.56 Å². The Bertz CT molecular complexity index is 452. The van der Waals surface area contributed by atoms with Gasteiger partial charge in [0.25, 0.3) is 0 Å². The number of nitrogens with one attached hydrogen (secondary N) is 1. The summed E-state index contributed by atoms with van der Waals surface area (Å²) >= 11 is 0. The molecule has 0 aliphatic heterocycles. The monoisotopic (exact) mass is 214 g/mol. The van der Waals surface area contributed by atoms with E-state index in [1.165, 1.54) is 12.1 Å². The van der Waals surface area contributed by atoms with Crippen molar-refractivity contribution in [2.75, 3.05) is 11.0 Å². The van der Waals surface area contributed by atoms with Crippen LogP contribution in [0.15, 0.2) is 18.2 Å². The lowest BCUT2D eigenvalue weighted by atomic mass is 10.2. The predicted molar refractivity (Wildman–Crippen MR) is 51.4 cm³/mol. The van der Waals surface area contributed by atoms with Gasteiger partial charge in [-0.2, -0.15) is 0 Å². The highest BCUT2D eigenvalue weighted by Crippen LogP contribution is 2.24. The van der Waals surface area contributed by atoms with E-state index < -0.39 is 10.0 Å². The fourth-order valence-corrected chi connectivity index (χ4v) is 1.45. The van der Waals surface area contributed by atoms with Crippen LogP contribution >= 0.6 is 0 Å². The minimum atomic E-state index is -3.43. The molecule has 6 heteroatoms. The normalized spacial score (nSPS) is 10.9. The zero-order chi connectivity index (χ0) is 10.8. The highest BCUT2D eigenvalue weighted by atomic mass is 32.2. The molecule has 0 saturated heterocycles. The second-order valence-corrected chi connectivity index (χ2v) is 4.46. The van der Waals surface area contributed by atoms with Crippen molar-refractivity contribution in [1.29, 1.82) is 0 Å². The van der Waals surface area contributed by atoms with Gasteiger partial charge in [-0.1, -0.05) is 0 Å². The van der Waals surface area contributed by atoms with Crippen molar-refractivity contribution in [3.05, 3.63) is 23.8 Å². The van der Waals surface area contributed by atoms with Crippen molar-refractivity contribution in [2.24, 2.45) is 0 Å². The summed E-state index contributed by atoms with van der Waals surface area (Å²) in [5, 5.41) is 9.28. The number of rotatable bonds is 3. The van der Waals surface area contributed by atoms with E-state index >= 15 is 0 Å². The Kier molecular flexibility index (Phi) is 2.76. The van der Waals surface area contributed by atoms with Gasteiger partial charge in [0.1, 0.15) is 5.75 Å². The molecule has 14 heavy (non-hydrogen) atoms. The Balaban J connectivity index is 3.07. The Hall–Kier alpha value is -1.56. The molecule has 0 aliphatic carbocycles. The molecule has 1 rings (SSSR count). The highest BCUT2D eigenvalue weighted by molar-refractivity contribution is 7.92. The smallest absolute Gasteiger partial charge is 0.233 e. The molecule has 1 radical (unpaired) electrons. The third-order valence-corrected chi connectivity index (χ3v) is 2.00. The molecule has 75 valence electrons. The lowest BCUT2D eigenvalue weighted by Crippen LogP contribution is -2.09. The molecule has 0 unspecified atom stereocenters. The van der Waals surface area contributed by atoms with Crippen molar-refractivity contribution in [1.82, 2.24) is 0 Å². The number of phenolic OH excluding ortho intramolecular Hbond substituents is 1. The minimum Gasteiger partial charge on any atom is -0.506 e. The lowest BCUT2D eigenvalue weighted by molar-refractivity contribution is 0.477. The van der Waals surface area contributed by atoms with Crippen LogP contribution in [0.2, 0.25) is 0 Å². The third-order valence-electron chi connectivity index (χ3n) is 1.41. The van der Waals surface area contributed by atoms with E-state index in [1.807, 2.05) is 0 Å². The number of hydrogen-bond donors (Lipinski definition) is 2. The van der Waals surface area contributed by atoms with E-state index in [0.29, 0.717) is 0 Å².